The van der Waals surface area contributed by atoms with Gasteiger partial charge in [-0.1, -0.05) is 42.1 Å². The van der Waals surface area contributed by atoms with Crippen LogP contribution >= 0.6 is 0 Å². The minimum Gasteiger partial charge on any atom is -0.871 e. The van der Waals surface area contributed by atoms with Gasteiger partial charge in [-0.3, -0.25) is 9.76 Å². The van der Waals surface area contributed by atoms with Crippen molar-refractivity contribution in [3.05, 3.63) is 36.4 Å². The first-order valence-electron chi connectivity index (χ1n) is 4.56. The average Bonchev–Trinajstić information content (AvgIpc) is 2.27. The molecule has 0 spiro atoms. The van der Waals surface area contributed by atoms with Crippen molar-refractivity contribution in [1.29, 1.82) is 0 Å². The van der Waals surface area contributed by atoms with Crippen LogP contribution in [0, 0.1) is 0 Å². The number of hydrogen-bond donors (Lipinski definition) is 2. The standard InChI is InChI=1S/C10H9NO5S.Na/c12-9-6-5-7-3-1-2-4-8(7)10(9)11(13)17(14,15)16;/h1-6,12-13H,(H,14,15,16);/q;+1/p-1. The van der Waals surface area contributed by atoms with Crippen LogP contribution in [0.3, 0.4) is 0 Å². The minimum absolute atomic E-state index is 0. The van der Waals surface area contributed by atoms with Gasteiger partial charge >= 0.3 is 39.9 Å². The molecule has 0 heterocycles. The first-order chi connectivity index (χ1) is 7.91. The summed E-state index contributed by atoms with van der Waals surface area (Å²) >= 11 is 0. The van der Waals surface area contributed by atoms with Gasteiger partial charge in [0.05, 0.1) is 5.69 Å². The van der Waals surface area contributed by atoms with Gasteiger partial charge in [-0.15, -0.1) is 4.47 Å². The van der Waals surface area contributed by atoms with E-state index in [4.69, 9.17) is 4.55 Å². The Hall–Kier alpha value is -0.830. The molecule has 2 rings (SSSR count). The molecule has 18 heavy (non-hydrogen) atoms. The molecule has 8 heteroatoms. The molecule has 0 aliphatic heterocycles. The summed E-state index contributed by atoms with van der Waals surface area (Å²) in [6, 6.07) is 9.02. The van der Waals surface area contributed by atoms with Crippen LogP contribution in [0.15, 0.2) is 36.4 Å². The van der Waals surface area contributed by atoms with Gasteiger partial charge in [0.1, 0.15) is 0 Å². The van der Waals surface area contributed by atoms with E-state index in [1.165, 1.54) is 12.1 Å². The normalized spacial score (nSPS) is 11.0. The van der Waals surface area contributed by atoms with E-state index in [1.807, 2.05) is 0 Å². The molecule has 0 aliphatic carbocycles. The van der Waals surface area contributed by atoms with Crippen LogP contribution in [0.25, 0.3) is 10.8 Å². The van der Waals surface area contributed by atoms with Crippen LogP contribution in [0.1, 0.15) is 0 Å². The maximum absolute atomic E-state index is 11.5. The molecule has 0 saturated carbocycles. The number of nitrogens with zero attached hydrogens (tertiary/aromatic N) is 1. The zero-order valence-electron chi connectivity index (χ0n) is 9.44. The smallest absolute Gasteiger partial charge is 0.871 e. The molecule has 2 aromatic rings. The predicted molar refractivity (Wildman–Crippen MR) is 59.2 cm³/mol. The molecular weight excluding hydrogens is 269 g/mol. The fourth-order valence-electron chi connectivity index (χ4n) is 1.55. The van der Waals surface area contributed by atoms with Crippen molar-refractivity contribution >= 4 is 26.8 Å². The third-order valence-electron chi connectivity index (χ3n) is 2.27. The molecule has 0 amide bonds. The maximum atomic E-state index is 11.5. The van der Waals surface area contributed by atoms with Crippen LogP contribution in [0.5, 0.6) is 5.75 Å². The molecule has 0 saturated heterocycles. The summed E-state index contributed by atoms with van der Waals surface area (Å²) in [5.41, 5.74) is -0.495. The summed E-state index contributed by atoms with van der Waals surface area (Å²) in [6.07, 6.45) is 0. The van der Waals surface area contributed by atoms with Gasteiger partial charge in [0.25, 0.3) is 0 Å². The molecule has 90 valence electrons. The Labute approximate surface area is 126 Å². The summed E-state index contributed by atoms with van der Waals surface area (Å²) in [6.45, 7) is 0. The van der Waals surface area contributed by atoms with Gasteiger partial charge in [0.2, 0.25) is 0 Å². The zero-order valence-corrected chi connectivity index (χ0v) is 12.3. The molecule has 0 atom stereocenters. The van der Waals surface area contributed by atoms with Gasteiger partial charge in [-0.2, -0.15) is 8.42 Å². The maximum Gasteiger partial charge on any atom is 1.00 e. The summed E-state index contributed by atoms with van der Waals surface area (Å²) in [7, 11) is -4.88. The third kappa shape index (κ3) is 2.77. The van der Waals surface area contributed by atoms with Crippen molar-refractivity contribution in [1.82, 2.24) is 0 Å². The quantitative estimate of drug-likeness (QED) is 0.372. The average molecular weight is 277 g/mol. The molecule has 2 aromatic carbocycles. The minimum atomic E-state index is -4.88. The number of hydrogen-bond acceptors (Lipinski definition) is 4. The molecule has 0 radical (unpaired) electrons. The molecular formula is C10H8NNaO5S. The van der Waals surface area contributed by atoms with Crippen LogP contribution in [-0.2, 0) is 10.3 Å². The fraction of sp³-hybridized carbons (Fsp3) is 0. The first-order valence-corrected chi connectivity index (χ1v) is 5.96. The van der Waals surface area contributed by atoms with Crippen molar-refractivity contribution in [3.8, 4) is 5.75 Å². The molecule has 6 nitrogen and oxygen atoms in total. The zero-order chi connectivity index (χ0) is 12.6. The number of benzene rings is 2. The second-order valence-electron chi connectivity index (χ2n) is 3.35. The fourth-order valence-corrected chi connectivity index (χ4v) is 1.97. The molecule has 2 N–H and O–H groups in total. The summed E-state index contributed by atoms with van der Waals surface area (Å²) < 4.78 is 30.0. The summed E-state index contributed by atoms with van der Waals surface area (Å²) in [4.78, 5) is 0. The Balaban J connectivity index is 0.00000162. The van der Waals surface area contributed by atoms with E-state index in [9.17, 15) is 18.7 Å². The molecule has 0 aromatic heterocycles. The van der Waals surface area contributed by atoms with Gasteiger partial charge in [-0.25, -0.2) is 0 Å². The Kier molecular flexibility index (Phi) is 4.60. The largest absolute Gasteiger partial charge is 1.00 e. The molecule has 0 fully saturated rings. The van der Waals surface area contributed by atoms with Gasteiger partial charge in [0, 0.05) is 5.39 Å². The van der Waals surface area contributed by atoms with Gasteiger partial charge < -0.3 is 5.11 Å². The van der Waals surface area contributed by atoms with Crippen LogP contribution in [-0.4, -0.2) is 18.2 Å². The van der Waals surface area contributed by atoms with E-state index in [0.29, 0.717) is 5.39 Å². The molecule has 0 aliphatic rings. The Morgan fingerprint density at radius 1 is 1.11 bits per heavy atom. The number of fused-ring (bicyclic) bond motifs is 1. The SMILES string of the molecule is O=S(=O)(O)N(O)c1c([O-])ccc2ccccc12.[Na+]. The van der Waals surface area contributed by atoms with Crippen molar-refractivity contribution < 1.29 is 52.8 Å². The van der Waals surface area contributed by atoms with Gasteiger partial charge in [-0.05, 0) is 5.39 Å². The van der Waals surface area contributed by atoms with Crippen LogP contribution in [0.2, 0.25) is 0 Å². The topological polar surface area (TPSA) is 101 Å². The Bertz CT molecular complexity index is 673. The van der Waals surface area contributed by atoms with Crippen LogP contribution < -0.4 is 39.1 Å². The van der Waals surface area contributed by atoms with Gasteiger partial charge in [0.15, 0.2) is 0 Å². The molecule has 0 unspecified atom stereocenters. The molecule has 0 bridgehead atoms. The van der Waals surface area contributed by atoms with Crippen molar-refractivity contribution in [2.24, 2.45) is 0 Å². The first kappa shape index (κ1) is 15.2. The van der Waals surface area contributed by atoms with E-state index in [0.717, 1.165) is 6.07 Å². The van der Waals surface area contributed by atoms with E-state index >= 15 is 0 Å². The number of rotatable bonds is 2. The Morgan fingerprint density at radius 2 is 1.72 bits per heavy atom. The second-order valence-corrected chi connectivity index (χ2v) is 4.60. The van der Waals surface area contributed by atoms with Crippen molar-refractivity contribution in [3.63, 3.8) is 0 Å². The van der Waals surface area contributed by atoms with Crippen molar-refractivity contribution in [2.45, 2.75) is 0 Å². The third-order valence-corrected chi connectivity index (χ3v) is 2.89. The Morgan fingerprint density at radius 3 is 2.33 bits per heavy atom. The monoisotopic (exact) mass is 277 g/mol. The van der Waals surface area contributed by atoms with Crippen molar-refractivity contribution in [2.75, 3.05) is 4.47 Å². The van der Waals surface area contributed by atoms with E-state index < -0.39 is 26.2 Å². The predicted octanol–water partition coefficient (Wildman–Crippen LogP) is -2.08. The van der Waals surface area contributed by atoms with Crippen LogP contribution in [0.4, 0.5) is 5.69 Å². The van der Waals surface area contributed by atoms with E-state index in [1.54, 1.807) is 18.2 Å². The summed E-state index contributed by atoms with van der Waals surface area (Å²) in [5.74, 6) is -0.705. The number of anilines is 1. The summed E-state index contributed by atoms with van der Waals surface area (Å²) in [5, 5.41) is 21.7. The van der Waals surface area contributed by atoms with E-state index in [2.05, 4.69) is 0 Å². The second kappa shape index (κ2) is 5.43. The van der Waals surface area contributed by atoms with E-state index in [-0.39, 0.29) is 34.9 Å².